The van der Waals surface area contributed by atoms with Gasteiger partial charge in [0.25, 0.3) is 5.91 Å². The number of Topliss-reactive ketones (excluding diaryl/α,β-unsaturated/α-hetero) is 1. The first-order valence-corrected chi connectivity index (χ1v) is 12.5. The van der Waals surface area contributed by atoms with E-state index in [4.69, 9.17) is 13.9 Å². The Bertz CT molecular complexity index is 1570. The first-order valence-electron chi connectivity index (χ1n) is 12.5. The average molecular weight is 528 g/mol. The molecule has 1 amide bonds. The van der Waals surface area contributed by atoms with Crippen molar-refractivity contribution in [2.45, 2.75) is 39.0 Å². The first kappa shape index (κ1) is 25.9. The van der Waals surface area contributed by atoms with Gasteiger partial charge in [0.15, 0.2) is 22.9 Å². The molecular formula is C31H29NO7. The van der Waals surface area contributed by atoms with Crippen molar-refractivity contribution in [1.82, 2.24) is 4.90 Å². The largest absolute Gasteiger partial charge is 0.508 e. The lowest BCUT2D eigenvalue weighted by Gasteiger charge is -2.27. The van der Waals surface area contributed by atoms with Gasteiger partial charge in [-0.15, -0.1) is 0 Å². The highest BCUT2D eigenvalue weighted by molar-refractivity contribution is 6.16. The number of nitrogens with zero attached hydrogens (tertiary/aromatic N) is 1. The van der Waals surface area contributed by atoms with Gasteiger partial charge >= 0.3 is 0 Å². The van der Waals surface area contributed by atoms with Crippen LogP contribution in [0, 0.1) is 0 Å². The lowest BCUT2D eigenvalue weighted by molar-refractivity contribution is -0.130. The zero-order valence-electron chi connectivity index (χ0n) is 22.1. The van der Waals surface area contributed by atoms with Gasteiger partial charge < -0.3 is 29.0 Å². The first-order chi connectivity index (χ1) is 18.6. The molecule has 0 bridgehead atoms. The van der Waals surface area contributed by atoms with Crippen LogP contribution in [0.3, 0.4) is 0 Å². The Labute approximate surface area is 225 Å². The summed E-state index contributed by atoms with van der Waals surface area (Å²) < 4.78 is 17.1. The third-order valence-corrected chi connectivity index (χ3v) is 6.41. The molecule has 0 saturated carbocycles. The summed E-state index contributed by atoms with van der Waals surface area (Å²) in [6.45, 7) is 5.99. The molecule has 2 N–H and O–H groups in total. The minimum absolute atomic E-state index is 0.0295. The van der Waals surface area contributed by atoms with E-state index in [1.54, 1.807) is 36.4 Å². The van der Waals surface area contributed by atoms with Crippen LogP contribution >= 0.6 is 0 Å². The zero-order chi connectivity index (χ0) is 27.9. The molecule has 0 saturated heterocycles. The molecule has 1 unspecified atom stereocenters. The van der Waals surface area contributed by atoms with Gasteiger partial charge in [-0.3, -0.25) is 9.59 Å². The third kappa shape index (κ3) is 5.05. The fraction of sp³-hybridized carbons (Fsp3) is 0.226. The van der Waals surface area contributed by atoms with Crippen LogP contribution in [0.15, 0.2) is 88.5 Å². The molecule has 0 spiro atoms. The van der Waals surface area contributed by atoms with Crippen LogP contribution in [0.4, 0.5) is 0 Å². The molecule has 1 atom stereocenters. The van der Waals surface area contributed by atoms with E-state index in [0.717, 1.165) is 5.56 Å². The summed E-state index contributed by atoms with van der Waals surface area (Å²) in [4.78, 5) is 28.6. The normalized spacial score (nSPS) is 15.7. The molecule has 0 radical (unpaired) electrons. The van der Waals surface area contributed by atoms with Crippen LogP contribution < -0.4 is 9.47 Å². The van der Waals surface area contributed by atoms with Crippen molar-refractivity contribution in [2.75, 3.05) is 7.11 Å². The number of ketones is 1. The maximum atomic E-state index is 13.8. The summed E-state index contributed by atoms with van der Waals surface area (Å²) in [6.07, 6.45) is 0. The second-order valence-electron chi connectivity index (χ2n) is 10.4. The van der Waals surface area contributed by atoms with E-state index in [-0.39, 0.29) is 29.2 Å². The minimum atomic E-state index is -0.911. The number of hydrogen-bond donors (Lipinski definition) is 2. The summed E-state index contributed by atoms with van der Waals surface area (Å²) in [5, 5.41) is 21.5. The molecule has 5 rings (SSSR count). The Kier molecular flexibility index (Phi) is 6.56. The van der Waals surface area contributed by atoms with E-state index >= 15 is 0 Å². The Morgan fingerprint density at radius 1 is 1.00 bits per heavy atom. The highest BCUT2D eigenvalue weighted by Crippen LogP contribution is 2.41. The average Bonchev–Trinajstić information content (AvgIpc) is 3.44. The number of amides is 1. The quantitative estimate of drug-likeness (QED) is 0.279. The van der Waals surface area contributed by atoms with Gasteiger partial charge in [-0.2, -0.15) is 0 Å². The number of carbonyl (C=O) groups excluding carboxylic acids is 2. The van der Waals surface area contributed by atoms with Crippen molar-refractivity contribution < 1.29 is 33.7 Å². The minimum Gasteiger partial charge on any atom is -0.508 e. The van der Waals surface area contributed by atoms with Gasteiger partial charge in [-0.05, 0) is 68.3 Å². The number of rotatable bonds is 7. The Balaban J connectivity index is 1.52. The van der Waals surface area contributed by atoms with Crippen molar-refractivity contribution in [3.05, 3.63) is 101 Å². The molecule has 4 aromatic rings. The summed E-state index contributed by atoms with van der Waals surface area (Å²) in [5.41, 5.74) is 1.26. The van der Waals surface area contributed by atoms with Gasteiger partial charge in [0.05, 0.1) is 18.7 Å². The third-order valence-electron chi connectivity index (χ3n) is 6.41. The number of aromatic hydroxyl groups is 1. The SMILES string of the molecule is COc1cccc2cc(C(=O)C3=C(O)C(=O)N(Cc4ccc(OC(C)(C)C)cc4)C3c3ccc(O)cc3)oc12. The number of fused-ring (bicyclic) bond motifs is 1. The van der Waals surface area contributed by atoms with Crippen LogP contribution in [-0.2, 0) is 11.3 Å². The number of methoxy groups -OCH3 is 1. The smallest absolute Gasteiger partial charge is 0.290 e. The van der Waals surface area contributed by atoms with Crippen LogP contribution in [0.5, 0.6) is 17.2 Å². The summed E-state index contributed by atoms with van der Waals surface area (Å²) >= 11 is 0. The maximum absolute atomic E-state index is 13.8. The summed E-state index contributed by atoms with van der Waals surface area (Å²) in [7, 11) is 1.50. The molecule has 1 aromatic heterocycles. The molecule has 8 heteroatoms. The molecule has 39 heavy (non-hydrogen) atoms. The predicted molar refractivity (Wildman–Crippen MR) is 145 cm³/mol. The monoisotopic (exact) mass is 527 g/mol. The standard InChI is InChI=1S/C31H29NO7/c1-31(2,3)39-22-14-8-18(9-15-22)17-32-26(19-10-12-21(33)13-11-19)25(28(35)30(32)36)27(34)24-16-20-6-5-7-23(37-4)29(20)38-24/h5-16,26,33,35H,17H2,1-4H3. The van der Waals surface area contributed by atoms with Crippen LogP contribution in [0.2, 0.25) is 0 Å². The van der Waals surface area contributed by atoms with E-state index < -0.39 is 23.5 Å². The molecule has 3 aromatic carbocycles. The van der Waals surface area contributed by atoms with Gasteiger partial charge in [0, 0.05) is 11.9 Å². The number of benzene rings is 3. The zero-order valence-corrected chi connectivity index (χ0v) is 22.1. The molecule has 1 aliphatic rings. The number of hydrogen-bond acceptors (Lipinski definition) is 7. The van der Waals surface area contributed by atoms with E-state index in [2.05, 4.69) is 0 Å². The number of phenols is 1. The molecule has 0 fully saturated rings. The molecular weight excluding hydrogens is 498 g/mol. The van der Waals surface area contributed by atoms with Crippen molar-refractivity contribution in [1.29, 1.82) is 0 Å². The highest BCUT2D eigenvalue weighted by atomic mass is 16.5. The Hall–Kier alpha value is -4.72. The van der Waals surface area contributed by atoms with Crippen LogP contribution in [0.25, 0.3) is 11.0 Å². The van der Waals surface area contributed by atoms with Gasteiger partial charge in [0.2, 0.25) is 5.78 Å². The second-order valence-corrected chi connectivity index (χ2v) is 10.4. The van der Waals surface area contributed by atoms with E-state index in [0.29, 0.717) is 28.0 Å². The number of ether oxygens (including phenoxy) is 2. The maximum Gasteiger partial charge on any atom is 0.290 e. The van der Waals surface area contributed by atoms with Crippen molar-refractivity contribution in [3.63, 3.8) is 0 Å². The molecule has 200 valence electrons. The van der Waals surface area contributed by atoms with Gasteiger partial charge in [-0.1, -0.05) is 36.4 Å². The van der Waals surface area contributed by atoms with Crippen molar-refractivity contribution in [2.24, 2.45) is 0 Å². The number of aliphatic hydroxyl groups is 1. The molecule has 8 nitrogen and oxygen atoms in total. The van der Waals surface area contributed by atoms with E-state index in [1.165, 1.54) is 24.1 Å². The summed E-state index contributed by atoms with van der Waals surface area (Å²) in [5.74, 6) is -0.784. The lowest BCUT2D eigenvalue weighted by atomic mass is 9.94. The van der Waals surface area contributed by atoms with Gasteiger partial charge in [-0.25, -0.2) is 0 Å². The number of aliphatic hydroxyl groups excluding tert-OH is 1. The number of phenolic OH excluding ortho intramolecular Hbond substituents is 1. The Morgan fingerprint density at radius 3 is 2.33 bits per heavy atom. The second kappa shape index (κ2) is 9.87. The molecule has 0 aliphatic carbocycles. The lowest BCUT2D eigenvalue weighted by Crippen LogP contribution is -2.30. The molecule has 2 heterocycles. The topological polar surface area (TPSA) is 109 Å². The van der Waals surface area contributed by atoms with E-state index in [9.17, 15) is 19.8 Å². The number of furan rings is 1. The number of para-hydroxylation sites is 1. The number of carbonyl (C=O) groups is 2. The van der Waals surface area contributed by atoms with E-state index in [1.807, 2.05) is 45.0 Å². The highest BCUT2D eigenvalue weighted by Gasteiger charge is 2.44. The Morgan fingerprint density at radius 2 is 1.69 bits per heavy atom. The van der Waals surface area contributed by atoms with Crippen LogP contribution in [0.1, 0.15) is 48.5 Å². The predicted octanol–water partition coefficient (Wildman–Crippen LogP) is 6.10. The fourth-order valence-corrected chi connectivity index (χ4v) is 4.71. The van der Waals surface area contributed by atoms with Crippen molar-refractivity contribution in [3.8, 4) is 17.2 Å². The summed E-state index contributed by atoms with van der Waals surface area (Å²) in [6, 6.07) is 19.4. The van der Waals surface area contributed by atoms with Gasteiger partial charge in [0.1, 0.15) is 17.1 Å². The molecule has 1 aliphatic heterocycles. The van der Waals surface area contributed by atoms with Crippen molar-refractivity contribution >= 4 is 22.7 Å². The fourth-order valence-electron chi connectivity index (χ4n) is 4.71. The van der Waals surface area contributed by atoms with Crippen LogP contribution in [-0.4, -0.2) is 39.5 Å².